The number of piperidine rings is 1. The van der Waals surface area contributed by atoms with E-state index < -0.39 is 0 Å². The van der Waals surface area contributed by atoms with Crippen LogP contribution in [0.15, 0.2) is 24.3 Å². The van der Waals surface area contributed by atoms with Crippen LogP contribution in [0.3, 0.4) is 0 Å². The minimum atomic E-state index is -0.171. The van der Waals surface area contributed by atoms with Gasteiger partial charge in [0, 0.05) is 0 Å². The molecule has 3 heteroatoms. The molecule has 21 heavy (non-hydrogen) atoms. The number of carbonyl (C=O) groups excluding carboxylic acids is 1. The van der Waals surface area contributed by atoms with Crippen molar-refractivity contribution in [2.75, 3.05) is 13.1 Å². The molecule has 1 fully saturated rings. The molecule has 1 unspecified atom stereocenters. The van der Waals surface area contributed by atoms with Crippen molar-refractivity contribution in [3.05, 3.63) is 35.4 Å². The number of aryl methyl sites for hydroxylation is 2. The van der Waals surface area contributed by atoms with Crippen LogP contribution in [0, 0.1) is 12.8 Å². The monoisotopic (exact) mass is 288 g/mol. The summed E-state index contributed by atoms with van der Waals surface area (Å²) < 4.78 is 0. The minimum absolute atomic E-state index is 0.0666. The molecule has 1 aromatic carbocycles. The number of amides is 1. The summed E-state index contributed by atoms with van der Waals surface area (Å²) in [5, 5.41) is 0. The van der Waals surface area contributed by atoms with E-state index in [0.29, 0.717) is 0 Å². The Morgan fingerprint density at radius 1 is 1.29 bits per heavy atom. The average molecular weight is 288 g/mol. The predicted molar refractivity (Wildman–Crippen MR) is 87.1 cm³/mol. The van der Waals surface area contributed by atoms with Crippen molar-refractivity contribution in [2.24, 2.45) is 11.7 Å². The normalized spacial score (nSPS) is 18.6. The summed E-state index contributed by atoms with van der Waals surface area (Å²) >= 11 is 0. The third-order valence-electron chi connectivity index (χ3n) is 4.77. The lowest BCUT2D eigenvalue weighted by Gasteiger charge is -2.35. The molecule has 1 amide bonds. The molecule has 2 rings (SSSR count). The maximum absolute atomic E-state index is 11.4. The van der Waals surface area contributed by atoms with Gasteiger partial charge in [0.1, 0.15) is 0 Å². The maximum Gasteiger partial charge on any atom is 0.234 e. The second-order valence-electron chi connectivity index (χ2n) is 6.33. The Morgan fingerprint density at radius 2 is 1.90 bits per heavy atom. The number of nitrogens with zero attached hydrogens (tertiary/aromatic N) is 1. The van der Waals surface area contributed by atoms with E-state index in [1.807, 2.05) is 6.92 Å². The number of nitrogens with two attached hydrogens (primary N) is 1. The molecule has 1 aliphatic rings. The number of likely N-dealkylation sites (tertiary alicyclic amines) is 1. The van der Waals surface area contributed by atoms with E-state index in [0.717, 1.165) is 31.8 Å². The van der Waals surface area contributed by atoms with Crippen LogP contribution in [0.1, 0.15) is 43.7 Å². The number of hydrogen-bond acceptors (Lipinski definition) is 2. The van der Waals surface area contributed by atoms with Gasteiger partial charge in [0.2, 0.25) is 5.91 Å². The quantitative estimate of drug-likeness (QED) is 0.875. The number of hydrogen-bond donors (Lipinski definition) is 1. The fourth-order valence-electron chi connectivity index (χ4n) is 3.32. The summed E-state index contributed by atoms with van der Waals surface area (Å²) in [4.78, 5) is 13.7. The van der Waals surface area contributed by atoms with Gasteiger partial charge in [-0.15, -0.1) is 0 Å². The molecule has 116 valence electrons. The van der Waals surface area contributed by atoms with Crippen molar-refractivity contribution < 1.29 is 4.79 Å². The Hall–Kier alpha value is -1.35. The third kappa shape index (κ3) is 4.57. The molecule has 0 spiro atoms. The van der Waals surface area contributed by atoms with Gasteiger partial charge in [0.05, 0.1) is 6.04 Å². The van der Waals surface area contributed by atoms with Crippen LogP contribution in [0.2, 0.25) is 0 Å². The van der Waals surface area contributed by atoms with Gasteiger partial charge in [0.15, 0.2) is 0 Å². The van der Waals surface area contributed by atoms with Crippen LogP contribution >= 0.6 is 0 Å². The molecule has 1 saturated heterocycles. The van der Waals surface area contributed by atoms with Crippen LogP contribution in [0.4, 0.5) is 0 Å². The zero-order valence-corrected chi connectivity index (χ0v) is 13.3. The Labute approximate surface area is 128 Å². The first-order valence-corrected chi connectivity index (χ1v) is 8.19. The number of primary amides is 1. The smallest absolute Gasteiger partial charge is 0.234 e. The zero-order valence-electron chi connectivity index (χ0n) is 13.3. The standard InChI is InChI=1S/C18H28N2O/c1-3-17(18(19)21)20-12-10-16(11-13-20)9-8-15-6-4-14(2)5-7-15/h4-7,16-17H,3,8-13H2,1-2H3,(H2,19,21). The molecular weight excluding hydrogens is 260 g/mol. The summed E-state index contributed by atoms with van der Waals surface area (Å²) in [6, 6.07) is 8.80. The molecule has 0 aliphatic carbocycles. The van der Waals surface area contributed by atoms with Gasteiger partial charge < -0.3 is 5.73 Å². The van der Waals surface area contributed by atoms with Crippen molar-refractivity contribution in [2.45, 2.75) is 52.0 Å². The van der Waals surface area contributed by atoms with Crippen molar-refractivity contribution >= 4 is 5.91 Å². The molecule has 0 radical (unpaired) electrons. The second kappa shape index (κ2) is 7.60. The van der Waals surface area contributed by atoms with Gasteiger partial charge in [-0.1, -0.05) is 36.8 Å². The van der Waals surface area contributed by atoms with Gasteiger partial charge in [-0.2, -0.15) is 0 Å². The molecule has 1 aliphatic heterocycles. The number of carbonyl (C=O) groups is 1. The first-order chi connectivity index (χ1) is 10.1. The van der Waals surface area contributed by atoms with Crippen molar-refractivity contribution in [1.82, 2.24) is 4.90 Å². The van der Waals surface area contributed by atoms with E-state index in [1.165, 1.54) is 30.4 Å². The van der Waals surface area contributed by atoms with Crippen molar-refractivity contribution in [1.29, 1.82) is 0 Å². The predicted octanol–water partition coefficient (Wildman–Crippen LogP) is 2.90. The second-order valence-corrected chi connectivity index (χ2v) is 6.33. The molecule has 1 aromatic rings. The molecule has 1 heterocycles. The Balaban J connectivity index is 1.76. The molecule has 0 aromatic heterocycles. The number of rotatable bonds is 6. The highest BCUT2D eigenvalue weighted by Crippen LogP contribution is 2.24. The first kappa shape index (κ1) is 16.0. The summed E-state index contributed by atoms with van der Waals surface area (Å²) in [7, 11) is 0. The Bertz CT molecular complexity index is 447. The summed E-state index contributed by atoms with van der Waals surface area (Å²) in [6.45, 7) is 6.20. The van der Waals surface area contributed by atoms with Gasteiger partial charge in [0.25, 0.3) is 0 Å². The van der Waals surface area contributed by atoms with Crippen molar-refractivity contribution in [3.8, 4) is 0 Å². The maximum atomic E-state index is 11.4. The van der Waals surface area contributed by atoms with Crippen LogP contribution < -0.4 is 5.73 Å². The highest BCUT2D eigenvalue weighted by molar-refractivity contribution is 5.79. The van der Waals surface area contributed by atoms with Gasteiger partial charge >= 0.3 is 0 Å². The Morgan fingerprint density at radius 3 is 2.43 bits per heavy atom. The van der Waals surface area contributed by atoms with Crippen LogP contribution in [-0.4, -0.2) is 29.9 Å². The first-order valence-electron chi connectivity index (χ1n) is 8.19. The van der Waals surface area contributed by atoms with E-state index in [4.69, 9.17) is 5.73 Å². The molecule has 2 N–H and O–H groups in total. The summed E-state index contributed by atoms with van der Waals surface area (Å²) in [6.07, 6.45) is 5.62. The van der Waals surface area contributed by atoms with Crippen molar-refractivity contribution in [3.63, 3.8) is 0 Å². The fraction of sp³-hybridized carbons (Fsp3) is 0.611. The summed E-state index contributed by atoms with van der Waals surface area (Å²) in [5.74, 6) is 0.614. The molecule has 0 bridgehead atoms. The lowest BCUT2D eigenvalue weighted by atomic mass is 9.89. The van der Waals surface area contributed by atoms with E-state index in [9.17, 15) is 4.79 Å². The van der Waals surface area contributed by atoms with Crippen LogP contribution in [0.5, 0.6) is 0 Å². The van der Waals surface area contributed by atoms with Gasteiger partial charge in [-0.25, -0.2) is 0 Å². The minimum Gasteiger partial charge on any atom is -0.368 e. The molecule has 3 nitrogen and oxygen atoms in total. The topological polar surface area (TPSA) is 46.3 Å². The zero-order chi connectivity index (χ0) is 15.2. The third-order valence-corrected chi connectivity index (χ3v) is 4.77. The van der Waals surface area contributed by atoms with Crippen LogP contribution in [-0.2, 0) is 11.2 Å². The molecule has 1 atom stereocenters. The lowest BCUT2D eigenvalue weighted by molar-refractivity contribution is -0.124. The highest BCUT2D eigenvalue weighted by atomic mass is 16.1. The Kier molecular flexibility index (Phi) is 5.80. The molecular formula is C18H28N2O. The van der Waals surface area contributed by atoms with Gasteiger partial charge in [-0.3, -0.25) is 9.69 Å². The number of benzene rings is 1. The van der Waals surface area contributed by atoms with Gasteiger partial charge in [-0.05, 0) is 63.6 Å². The van der Waals surface area contributed by atoms with E-state index >= 15 is 0 Å². The SMILES string of the molecule is CCC(C(N)=O)N1CCC(CCc2ccc(C)cc2)CC1. The average Bonchev–Trinajstić information content (AvgIpc) is 2.48. The van der Waals surface area contributed by atoms with E-state index in [1.54, 1.807) is 0 Å². The lowest BCUT2D eigenvalue weighted by Crippen LogP contribution is -2.47. The fourth-order valence-corrected chi connectivity index (χ4v) is 3.32. The summed E-state index contributed by atoms with van der Waals surface area (Å²) in [5.41, 5.74) is 8.24. The highest BCUT2D eigenvalue weighted by Gasteiger charge is 2.26. The van der Waals surface area contributed by atoms with E-state index in [2.05, 4.69) is 36.1 Å². The largest absolute Gasteiger partial charge is 0.368 e. The molecule has 0 saturated carbocycles. The van der Waals surface area contributed by atoms with Crippen LogP contribution in [0.25, 0.3) is 0 Å². The van der Waals surface area contributed by atoms with E-state index in [-0.39, 0.29) is 11.9 Å².